The van der Waals surface area contributed by atoms with E-state index in [0.29, 0.717) is 13.1 Å². The topological polar surface area (TPSA) is 65.6 Å². The second kappa shape index (κ2) is 8.80. The Morgan fingerprint density at radius 2 is 1.68 bits per heavy atom. The predicted molar refractivity (Wildman–Crippen MR) is 143 cm³/mol. The van der Waals surface area contributed by atoms with E-state index >= 15 is 0 Å². The number of carbonyl (C=O) groups excluding carboxylic acids is 2. The van der Waals surface area contributed by atoms with Gasteiger partial charge in [-0.25, -0.2) is 0 Å². The second-order valence-corrected chi connectivity index (χ2v) is 10.2. The number of amides is 2. The maximum atomic E-state index is 14.2. The molecule has 0 bridgehead atoms. The lowest BCUT2D eigenvalue weighted by atomic mass is 9.76. The smallest absolute Gasteiger partial charge is 0.255 e. The lowest BCUT2D eigenvalue weighted by Gasteiger charge is -2.51. The molecule has 4 aromatic rings. The summed E-state index contributed by atoms with van der Waals surface area (Å²) in [6, 6.07) is 24.5. The Balaban J connectivity index is 1.45. The summed E-state index contributed by atoms with van der Waals surface area (Å²) >= 11 is 0. The molecule has 0 aliphatic carbocycles. The monoisotopic (exact) mass is 493 g/mol. The summed E-state index contributed by atoms with van der Waals surface area (Å²) in [5, 5.41) is 1.11. The van der Waals surface area contributed by atoms with Crippen LogP contribution in [0.25, 0.3) is 10.9 Å². The van der Waals surface area contributed by atoms with Crippen LogP contribution in [0.4, 0.5) is 0 Å². The van der Waals surface area contributed by atoms with Crippen LogP contribution in [0.5, 0.6) is 5.75 Å². The first kappa shape index (κ1) is 23.3. The number of hydrogen-bond donors (Lipinski definition) is 1. The predicted octanol–water partition coefficient (Wildman–Crippen LogP) is 4.97. The van der Waals surface area contributed by atoms with Crippen molar-refractivity contribution < 1.29 is 14.3 Å². The third kappa shape index (κ3) is 3.62. The molecule has 188 valence electrons. The van der Waals surface area contributed by atoms with Gasteiger partial charge in [0.15, 0.2) is 5.54 Å². The standard InChI is InChI=1S/C31H31N3O3/c1-4-20-9-13-22(14-10-20)25-18-34-27(35)19-33(17-21-11-15-23(37-3)16-12-21)30(36)31(34,2)29-28(25)24-7-5-6-8-26(24)32-29/h5-16,25,32H,4,17-19H2,1-3H3/t25-,31-/m0/s1. The fourth-order valence-electron chi connectivity index (χ4n) is 6.04. The summed E-state index contributed by atoms with van der Waals surface area (Å²) in [5.41, 5.74) is 5.22. The highest BCUT2D eigenvalue weighted by atomic mass is 16.5. The number of benzene rings is 3. The Bertz CT molecular complexity index is 1490. The molecule has 2 atom stereocenters. The lowest BCUT2D eigenvalue weighted by Crippen LogP contribution is -2.67. The Kier molecular flexibility index (Phi) is 5.55. The average Bonchev–Trinajstić information content (AvgIpc) is 3.33. The number of methoxy groups -OCH3 is 1. The SMILES string of the molecule is CCc1ccc([C@@H]2CN3C(=O)CN(Cc4ccc(OC)cc4)C(=O)[C@]3(C)c3[nH]c4ccccc4c32)cc1. The van der Waals surface area contributed by atoms with Crippen LogP contribution < -0.4 is 4.74 Å². The normalized spacial score (nSPS) is 21.2. The van der Waals surface area contributed by atoms with Crippen molar-refractivity contribution in [2.24, 2.45) is 0 Å². The molecule has 6 nitrogen and oxygen atoms in total. The van der Waals surface area contributed by atoms with Gasteiger partial charge in [-0.2, -0.15) is 0 Å². The fourth-order valence-corrected chi connectivity index (χ4v) is 6.04. The molecule has 0 saturated carbocycles. The summed E-state index contributed by atoms with van der Waals surface area (Å²) in [4.78, 5) is 34.9. The number of hydrogen-bond acceptors (Lipinski definition) is 3. The molecule has 0 spiro atoms. The van der Waals surface area contributed by atoms with E-state index in [-0.39, 0.29) is 24.3 Å². The molecule has 3 aromatic carbocycles. The molecule has 0 radical (unpaired) electrons. The van der Waals surface area contributed by atoms with Crippen LogP contribution in [0.15, 0.2) is 72.8 Å². The van der Waals surface area contributed by atoms with Gasteiger partial charge in [-0.15, -0.1) is 0 Å². The van der Waals surface area contributed by atoms with Crippen molar-refractivity contribution in [3.05, 3.63) is 101 Å². The minimum Gasteiger partial charge on any atom is -0.497 e. The van der Waals surface area contributed by atoms with Crippen molar-refractivity contribution in [3.8, 4) is 5.75 Å². The first-order valence-electron chi connectivity index (χ1n) is 12.9. The quantitative estimate of drug-likeness (QED) is 0.427. The highest BCUT2D eigenvalue weighted by molar-refractivity contribution is 6.01. The summed E-state index contributed by atoms with van der Waals surface area (Å²) in [6.45, 7) is 4.96. The van der Waals surface area contributed by atoms with E-state index in [2.05, 4.69) is 42.2 Å². The molecule has 6 rings (SSSR count). The molecule has 1 saturated heterocycles. The summed E-state index contributed by atoms with van der Waals surface area (Å²) in [7, 11) is 1.63. The molecule has 2 amide bonds. The van der Waals surface area contributed by atoms with Gasteiger partial charge in [0.25, 0.3) is 5.91 Å². The zero-order valence-electron chi connectivity index (χ0n) is 21.5. The molecular formula is C31H31N3O3. The first-order chi connectivity index (χ1) is 17.9. The highest BCUT2D eigenvalue weighted by Gasteiger charge is 2.56. The molecule has 2 aliphatic rings. The minimum absolute atomic E-state index is 0.0185. The van der Waals surface area contributed by atoms with Crippen LogP contribution in [0.3, 0.4) is 0 Å². The van der Waals surface area contributed by atoms with Crippen LogP contribution in [-0.4, -0.2) is 46.8 Å². The van der Waals surface area contributed by atoms with Crippen molar-refractivity contribution in [1.82, 2.24) is 14.8 Å². The molecule has 6 heteroatoms. The average molecular weight is 494 g/mol. The number of fused-ring (bicyclic) bond motifs is 5. The molecule has 37 heavy (non-hydrogen) atoms. The van der Waals surface area contributed by atoms with E-state index in [1.165, 1.54) is 5.56 Å². The minimum atomic E-state index is -1.10. The number of nitrogens with zero attached hydrogens (tertiary/aromatic N) is 2. The van der Waals surface area contributed by atoms with E-state index in [4.69, 9.17) is 4.74 Å². The van der Waals surface area contributed by atoms with Gasteiger partial charge >= 0.3 is 0 Å². The van der Waals surface area contributed by atoms with Crippen LogP contribution in [-0.2, 0) is 28.1 Å². The van der Waals surface area contributed by atoms with Gasteiger partial charge in [0.05, 0.1) is 12.8 Å². The molecular weight excluding hydrogens is 462 g/mol. The number of ether oxygens (including phenoxy) is 1. The third-order valence-corrected chi connectivity index (χ3v) is 8.14. The Labute approximate surface area is 216 Å². The van der Waals surface area contributed by atoms with E-state index in [1.807, 2.05) is 49.4 Å². The van der Waals surface area contributed by atoms with Gasteiger partial charge in [0.1, 0.15) is 12.3 Å². The van der Waals surface area contributed by atoms with Gasteiger partial charge in [-0.05, 0) is 53.8 Å². The molecule has 0 unspecified atom stereocenters. The Hall–Kier alpha value is -4.06. The van der Waals surface area contributed by atoms with Crippen molar-refractivity contribution in [2.45, 2.75) is 38.3 Å². The number of aromatic amines is 1. The summed E-state index contributed by atoms with van der Waals surface area (Å²) in [6.07, 6.45) is 0.977. The highest BCUT2D eigenvalue weighted by Crippen LogP contribution is 2.48. The largest absolute Gasteiger partial charge is 0.497 e. The van der Waals surface area contributed by atoms with Crippen LogP contribution in [0.2, 0.25) is 0 Å². The number of aromatic nitrogens is 1. The molecule has 1 aromatic heterocycles. The number of piperazine rings is 1. The number of rotatable bonds is 5. The second-order valence-electron chi connectivity index (χ2n) is 10.2. The van der Waals surface area contributed by atoms with Crippen LogP contribution >= 0.6 is 0 Å². The number of nitrogens with one attached hydrogen (secondary N) is 1. The van der Waals surface area contributed by atoms with Crippen molar-refractivity contribution in [1.29, 1.82) is 0 Å². The molecule has 1 N–H and O–H groups in total. The third-order valence-electron chi connectivity index (χ3n) is 8.14. The summed E-state index contributed by atoms with van der Waals surface area (Å²) in [5.74, 6) is 0.650. The molecule has 1 fully saturated rings. The molecule has 3 heterocycles. The zero-order valence-corrected chi connectivity index (χ0v) is 21.5. The van der Waals surface area contributed by atoms with E-state index in [0.717, 1.165) is 45.5 Å². The fraction of sp³-hybridized carbons (Fsp3) is 0.290. The van der Waals surface area contributed by atoms with Crippen molar-refractivity contribution in [3.63, 3.8) is 0 Å². The van der Waals surface area contributed by atoms with E-state index in [9.17, 15) is 9.59 Å². The van der Waals surface area contributed by atoms with Gasteiger partial charge in [0, 0.05) is 29.9 Å². The Morgan fingerprint density at radius 3 is 2.38 bits per heavy atom. The number of para-hydroxylation sites is 1. The number of H-pyrrole nitrogens is 1. The molecule has 2 aliphatic heterocycles. The van der Waals surface area contributed by atoms with Gasteiger partial charge in [-0.1, -0.05) is 61.5 Å². The summed E-state index contributed by atoms with van der Waals surface area (Å²) < 4.78 is 5.27. The van der Waals surface area contributed by atoms with Crippen LogP contribution in [0, 0.1) is 0 Å². The number of aryl methyl sites for hydroxylation is 1. The lowest BCUT2D eigenvalue weighted by molar-refractivity contribution is -0.166. The van der Waals surface area contributed by atoms with E-state index < -0.39 is 5.54 Å². The van der Waals surface area contributed by atoms with Crippen molar-refractivity contribution >= 4 is 22.7 Å². The van der Waals surface area contributed by atoms with Gasteiger partial charge < -0.3 is 19.5 Å². The number of carbonyl (C=O) groups is 2. The maximum absolute atomic E-state index is 14.2. The maximum Gasteiger partial charge on any atom is 0.255 e. The van der Waals surface area contributed by atoms with E-state index in [1.54, 1.807) is 16.9 Å². The van der Waals surface area contributed by atoms with Crippen LogP contribution in [0.1, 0.15) is 47.7 Å². The first-order valence-corrected chi connectivity index (χ1v) is 12.9. The van der Waals surface area contributed by atoms with Gasteiger partial charge in [0.2, 0.25) is 5.91 Å². The van der Waals surface area contributed by atoms with Crippen molar-refractivity contribution in [2.75, 3.05) is 20.2 Å². The zero-order chi connectivity index (χ0) is 25.7. The van der Waals surface area contributed by atoms with Gasteiger partial charge in [-0.3, -0.25) is 9.59 Å². The Morgan fingerprint density at radius 1 is 0.973 bits per heavy atom.